The molecule has 1 aliphatic rings. The number of nitrogens with one attached hydrogen (secondary N) is 1. The summed E-state index contributed by atoms with van der Waals surface area (Å²) >= 11 is 0. The number of halogens is 3. The molecule has 1 N–H and O–H groups in total. The fraction of sp³-hybridized carbons (Fsp3) is 0.300. The highest BCUT2D eigenvalue weighted by Crippen LogP contribution is 2.33. The third-order valence-electron chi connectivity index (χ3n) is 5.10. The zero-order valence-electron chi connectivity index (χ0n) is 17.3. The summed E-state index contributed by atoms with van der Waals surface area (Å²) in [6.45, 7) is 1.86. The van der Waals surface area contributed by atoms with Gasteiger partial charge in [0.1, 0.15) is 17.8 Å². The number of aromatic amines is 1. The summed E-state index contributed by atoms with van der Waals surface area (Å²) in [6, 6.07) is 4.24. The molecular weight excluding hydrogens is 463 g/mol. The van der Waals surface area contributed by atoms with Gasteiger partial charge in [0, 0.05) is 18.3 Å². The van der Waals surface area contributed by atoms with Crippen molar-refractivity contribution in [3.63, 3.8) is 0 Å². The van der Waals surface area contributed by atoms with E-state index in [1.54, 1.807) is 0 Å². The Kier molecular flexibility index (Phi) is 5.82. The number of imidazole rings is 1. The van der Waals surface area contributed by atoms with Crippen molar-refractivity contribution < 1.29 is 31.1 Å². The molecule has 13 heteroatoms. The molecule has 0 spiro atoms. The highest BCUT2D eigenvalue weighted by molar-refractivity contribution is 7.91. The second-order valence-corrected chi connectivity index (χ2v) is 9.39. The molecule has 9 nitrogen and oxygen atoms in total. The number of amides is 1. The maximum atomic E-state index is 12.8. The number of benzene rings is 1. The normalized spacial score (nSPS) is 14.1. The van der Waals surface area contributed by atoms with E-state index in [1.165, 1.54) is 36.5 Å². The van der Waals surface area contributed by atoms with Gasteiger partial charge in [0.2, 0.25) is 20.9 Å². The van der Waals surface area contributed by atoms with Gasteiger partial charge in [0.05, 0.1) is 23.6 Å². The van der Waals surface area contributed by atoms with Crippen LogP contribution in [0.4, 0.5) is 13.2 Å². The lowest BCUT2D eigenvalue weighted by molar-refractivity contribution is -0.137. The molecule has 2 aromatic heterocycles. The highest BCUT2D eigenvalue weighted by atomic mass is 32.2. The number of hydrogen-bond donors (Lipinski definition) is 1. The first-order chi connectivity index (χ1) is 15.6. The number of carbonyl (C=O) groups is 1. The van der Waals surface area contributed by atoms with Crippen molar-refractivity contribution in [2.45, 2.75) is 31.2 Å². The Balaban J connectivity index is 1.50. The lowest BCUT2D eigenvalue weighted by Gasteiger charge is -2.28. The van der Waals surface area contributed by atoms with E-state index in [0.29, 0.717) is 17.7 Å². The van der Waals surface area contributed by atoms with Crippen LogP contribution in [0.15, 0.2) is 41.9 Å². The van der Waals surface area contributed by atoms with Gasteiger partial charge in [-0.15, -0.1) is 0 Å². The minimum atomic E-state index is -4.45. The van der Waals surface area contributed by atoms with Crippen LogP contribution in [-0.2, 0) is 29.0 Å². The van der Waals surface area contributed by atoms with Crippen LogP contribution in [-0.4, -0.2) is 51.5 Å². The molecular formula is C20H18F3N5O4S. The number of alkyl halides is 3. The van der Waals surface area contributed by atoms with Crippen LogP contribution < -0.4 is 4.74 Å². The fourth-order valence-corrected chi connectivity index (χ4v) is 4.03. The standard InChI is InChI=1S/C20H18F3N5O4S/c1-2-33(30,31)19-24-9-15(27-19)18(29)28-8-7-14-16(10-28)25-11-26-17(14)32-13-5-3-12(4-6-13)20(21,22)23/h3-6,9,11H,2,7-8,10H2,1H3,(H,24,27). The number of carbonyl (C=O) groups excluding carboxylic acids is 1. The Morgan fingerprint density at radius 3 is 2.61 bits per heavy atom. The van der Waals surface area contributed by atoms with Gasteiger partial charge in [-0.05, 0) is 30.7 Å². The summed E-state index contributed by atoms with van der Waals surface area (Å²) < 4.78 is 67.8. The maximum Gasteiger partial charge on any atom is 0.416 e. The third kappa shape index (κ3) is 4.67. The van der Waals surface area contributed by atoms with E-state index in [0.717, 1.165) is 12.1 Å². The molecule has 1 aromatic carbocycles. The van der Waals surface area contributed by atoms with E-state index in [4.69, 9.17) is 4.74 Å². The van der Waals surface area contributed by atoms with Crippen molar-refractivity contribution in [3.8, 4) is 11.6 Å². The second-order valence-electron chi connectivity index (χ2n) is 7.20. The Morgan fingerprint density at radius 2 is 1.94 bits per heavy atom. The Hall–Kier alpha value is -3.48. The summed E-state index contributed by atoms with van der Waals surface area (Å²) in [5, 5.41) is -0.264. The van der Waals surface area contributed by atoms with E-state index in [2.05, 4.69) is 19.9 Å². The van der Waals surface area contributed by atoms with Crippen LogP contribution >= 0.6 is 0 Å². The molecule has 33 heavy (non-hydrogen) atoms. The van der Waals surface area contributed by atoms with Crippen molar-refractivity contribution in [3.05, 3.63) is 59.3 Å². The van der Waals surface area contributed by atoms with Gasteiger partial charge in [-0.3, -0.25) is 4.79 Å². The monoisotopic (exact) mass is 481 g/mol. The average molecular weight is 481 g/mol. The summed E-state index contributed by atoms with van der Waals surface area (Å²) in [5.74, 6) is -0.228. The molecule has 0 fully saturated rings. The molecule has 4 rings (SSSR count). The quantitative estimate of drug-likeness (QED) is 0.595. The van der Waals surface area contributed by atoms with Crippen molar-refractivity contribution in [1.29, 1.82) is 0 Å². The lowest BCUT2D eigenvalue weighted by atomic mass is 10.1. The minimum Gasteiger partial charge on any atom is -0.439 e. The molecule has 1 aliphatic heterocycles. The third-order valence-corrected chi connectivity index (χ3v) is 6.66. The van der Waals surface area contributed by atoms with Crippen LogP contribution in [0.5, 0.6) is 11.6 Å². The molecule has 0 saturated heterocycles. The molecule has 3 heterocycles. The molecule has 3 aromatic rings. The molecule has 0 bridgehead atoms. The first-order valence-electron chi connectivity index (χ1n) is 9.84. The zero-order chi connectivity index (χ0) is 23.8. The van der Waals surface area contributed by atoms with E-state index in [1.807, 2.05) is 0 Å². The number of nitrogens with zero attached hydrogens (tertiary/aromatic N) is 4. The van der Waals surface area contributed by atoms with Crippen molar-refractivity contribution in [2.24, 2.45) is 0 Å². The van der Waals surface area contributed by atoms with Crippen molar-refractivity contribution in [2.75, 3.05) is 12.3 Å². The van der Waals surface area contributed by atoms with Gasteiger partial charge in [0.15, 0.2) is 0 Å². The van der Waals surface area contributed by atoms with Crippen LogP contribution in [0.1, 0.15) is 34.2 Å². The topological polar surface area (TPSA) is 118 Å². The van der Waals surface area contributed by atoms with Gasteiger partial charge in [0.25, 0.3) is 5.91 Å². The fourth-order valence-electron chi connectivity index (χ4n) is 3.28. The highest BCUT2D eigenvalue weighted by Gasteiger charge is 2.31. The molecule has 174 valence electrons. The number of rotatable bonds is 5. The van der Waals surface area contributed by atoms with Gasteiger partial charge in [-0.2, -0.15) is 13.2 Å². The lowest BCUT2D eigenvalue weighted by Crippen LogP contribution is -2.37. The number of aromatic nitrogens is 4. The number of ether oxygens (including phenoxy) is 1. The average Bonchev–Trinajstić information content (AvgIpc) is 3.29. The summed E-state index contributed by atoms with van der Waals surface area (Å²) in [4.78, 5) is 29.0. The Bertz CT molecular complexity index is 1290. The summed E-state index contributed by atoms with van der Waals surface area (Å²) in [6.07, 6.45) is -1.62. The van der Waals surface area contributed by atoms with Crippen molar-refractivity contribution in [1.82, 2.24) is 24.8 Å². The number of hydrogen-bond acceptors (Lipinski definition) is 7. The van der Waals surface area contributed by atoms with Crippen LogP contribution in [0.25, 0.3) is 0 Å². The molecule has 0 saturated carbocycles. The molecule has 1 amide bonds. The SMILES string of the molecule is CCS(=O)(=O)c1nc(C(=O)N2CCc3c(ncnc3Oc3ccc(C(F)(F)F)cc3)C2)c[nH]1. The minimum absolute atomic E-state index is 0.0271. The van der Waals surface area contributed by atoms with Gasteiger partial charge < -0.3 is 14.6 Å². The number of fused-ring (bicyclic) bond motifs is 1. The van der Waals surface area contributed by atoms with Crippen LogP contribution in [0.3, 0.4) is 0 Å². The number of H-pyrrole nitrogens is 1. The predicted molar refractivity (Wildman–Crippen MR) is 108 cm³/mol. The van der Waals surface area contributed by atoms with Gasteiger partial charge in [-0.25, -0.2) is 23.4 Å². The molecule has 0 unspecified atom stereocenters. The summed E-state index contributed by atoms with van der Waals surface area (Å²) in [5.41, 5.74) is 0.337. The largest absolute Gasteiger partial charge is 0.439 e. The van der Waals surface area contributed by atoms with Gasteiger partial charge in [-0.1, -0.05) is 6.92 Å². The van der Waals surface area contributed by atoms with E-state index < -0.39 is 27.5 Å². The predicted octanol–water partition coefficient (Wildman–Crippen LogP) is 3.00. The van der Waals surface area contributed by atoms with Crippen LogP contribution in [0.2, 0.25) is 0 Å². The molecule has 0 radical (unpaired) electrons. The van der Waals surface area contributed by atoms with E-state index in [-0.39, 0.29) is 41.3 Å². The summed E-state index contributed by atoms with van der Waals surface area (Å²) in [7, 11) is -3.57. The van der Waals surface area contributed by atoms with Gasteiger partial charge >= 0.3 is 6.18 Å². The van der Waals surface area contributed by atoms with Crippen molar-refractivity contribution >= 4 is 15.7 Å². The van der Waals surface area contributed by atoms with E-state index >= 15 is 0 Å². The molecule has 0 aliphatic carbocycles. The first kappa shape index (κ1) is 22.7. The Labute approximate surface area is 186 Å². The van der Waals surface area contributed by atoms with E-state index in [9.17, 15) is 26.4 Å². The zero-order valence-corrected chi connectivity index (χ0v) is 18.1. The molecule has 0 atom stereocenters. The second kappa shape index (κ2) is 8.46. The van der Waals surface area contributed by atoms with Crippen LogP contribution in [0, 0.1) is 0 Å². The first-order valence-corrected chi connectivity index (χ1v) is 11.5. The smallest absolute Gasteiger partial charge is 0.416 e. The Morgan fingerprint density at radius 1 is 1.21 bits per heavy atom. The maximum absolute atomic E-state index is 12.8. The number of sulfone groups is 1.